The first-order valence-electron chi connectivity index (χ1n) is 6.98. The molecule has 1 aliphatic rings. The number of para-hydroxylation sites is 1. The minimum atomic E-state index is -2.57. The van der Waals surface area contributed by atoms with Gasteiger partial charge in [0, 0.05) is 0 Å². The second kappa shape index (κ2) is 7.22. The van der Waals surface area contributed by atoms with E-state index in [4.69, 9.17) is 4.74 Å². The minimum absolute atomic E-state index is 0.160. The molecule has 0 radical (unpaired) electrons. The molecule has 1 amide bonds. The molecule has 0 saturated heterocycles. The van der Waals surface area contributed by atoms with Crippen molar-refractivity contribution in [3.63, 3.8) is 0 Å². The van der Waals surface area contributed by atoms with Gasteiger partial charge in [-0.3, -0.25) is 0 Å². The smallest absolute Gasteiger partial charge is 0.410 e. The Morgan fingerprint density at radius 3 is 2.40 bits per heavy atom. The van der Waals surface area contributed by atoms with Crippen LogP contribution in [0.5, 0.6) is 5.75 Å². The minimum Gasteiger partial charge on any atom is -0.410 e. The lowest BCUT2D eigenvalue weighted by molar-refractivity contribution is 0.0578. The lowest BCUT2D eigenvalue weighted by atomic mass is 9.84. The maximum atomic E-state index is 13.1. The number of rotatable bonds is 4. The lowest BCUT2D eigenvalue weighted by Gasteiger charge is -2.29. The number of benzene rings is 1. The number of ether oxygens (including phenoxy) is 1. The van der Waals surface area contributed by atoms with Gasteiger partial charge in [-0.05, 0) is 30.9 Å². The van der Waals surface area contributed by atoms with Crippen molar-refractivity contribution in [3.8, 4) is 5.75 Å². The Hall–Kier alpha value is -1.65. The van der Waals surface area contributed by atoms with Crippen LogP contribution in [0.1, 0.15) is 32.1 Å². The topological polar surface area (TPSA) is 38.3 Å². The molecule has 2 rings (SSSR count). The van der Waals surface area contributed by atoms with Gasteiger partial charge < -0.3 is 10.1 Å². The first kappa shape index (κ1) is 14.8. The summed E-state index contributed by atoms with van der Waals surface area (Å²) in [5.41, 5.74) is 0. The summed E-state index contributed by atoms with van der Waals surface area (Å²) in [6.07, 6.45) is 1.07. The summed E-state index contributed by atoms with van der Waals surface area (Å²) in [7, 11) is 0. The van der Waals surface area contributed by atoms with Crippen molar-refractivity contribution in [2.24, 2.45) is 5.92 Å². The maximum absolute atomic E-state index is 13.1. The third-order valence-electron chi connectivity index (χ3n) is 3.67. The number of carbonyl (C=O) groups excluding carboxylic acids is 1. The number of alkyl halides is 2. The van der Waals surface area contributed by atoms with Crippen molar-refractivity contribution in [2.75, 3.05) is 0 Å². The number of halogens is 2. The number of hydrogen-bond acceptors (Lipinski definition) is 2. The molecular weight excluding hydrogens is 264 g/mol. The van der Waals surface area contributed by atoms with Crippen molar-refractivity contribution >= 4 is 6.09 Å². The van der Waals surface area contributed by atoms with Gasteiger partial charge >= 0.3 is 6.09 Å². The highest BCUT2D eigenvalue weighted by Crippen LogP contribution is 2.29. The zero-order valence-electron chi connectivity index (χ0n) is 11.2. The molecule has 110 valence electrons. The molecular formula is C15H19F2NO2. The Bertz CT molecular complexity index is 419. The van der Waals surface area contributed by atoms with E-state index in [-0.39, 0.29) is 5.92 Å². The van der Waals surface area contributed by atoms with Gasteiger partial charge in [-0.2, -0.15) is 0 Å². The molecule has 1 aromatic rings. The van der Waals surface area contributed by atoms with Gasteiger partial charge in [0.1, 0.15) is 5.75 Å². The second-order valence-electron chi connectivity index (χ2n) is 5.11. The molecule has 1 aromatic carbocycles. The van der Waals surface area contributed by atoms with Crippen LogP contribution in [0.25, 0.3) is 0 Å². The summed E-state index contributed by atoms with van der Waals surface area (Å²) in [6.45, 7) is 0. The van der Waals surface area contributed by atoms with E-state index >= 15 is 0 Å². The third-order valence-corrected chi connectivity index (χ3v) is 3.67. The Morgan fingerprint density at radius 2 is 1.80 bits per heavy atom. The predicted molar refractivity (Wildman–Crippen MR) is 72.0 cm³/mol. The standard InChI is InChI=1S/C15H19F2NO2/c16-14(17)13(11-7-3-1-4-8-11)18-15(19)20-12-9-5-2-6-10-12/h2,5-6,9-11,13-14H,1,3-4,7-8H2,(H,18,19)/t13-/m0/s1. The van der Waals surface area contributed by atoms with E-state index in [9.17, 15) is 13.6 Å². The normalized spacial score (nSPS) is 17.8. The van der Waals surface area contributed by atoms with Gasteiger partial charge in [0.05, 0.1) is 6.04 Å². The Morgan fingerprint density at radius 1 is 1.15 bits per heavy atom. The van der Waals surface area contributed by atoms with Crippen molar-refractivity contribution in [1.82, 2.24) is 5.32 Å². The number of carbonyl (C=O) groups is 1. The summed E-state index contributed by atoms with van der Waals surface area (Å²) >= 11 is 0. The van der Waals surface area contributed by atoms with Crippen molar-refractivity contribution in [3.05, 3.63) is 30.3 Å². The first-order chi connectivity index (χ1) is 9.66. The van der Waals surface area contributed by atoms with E-state index in [0.717, 1.165) is 32.1 Å². The highest BCUT2D eigenvalue weighted by atomic mass is 19.3. The van der Waals surface area contributed by atoms with Gasteiger partial charge in [0.2, 0.25) is 0 Å². The number of amides is 1. The third kappa shape index (κ3) is 4.18. The van der Waals surface area contributed by atoms with Gasteiger partial charge in [-0.25, -0.2) is 13.6 Å². The number of nitrogens with one attached hydrogen (secondary N) is 1. The first-order valence-corrected chi connectivity index (χ1v) is 6.98. The van der Waals surface area contributed by atoms with Crippen LogP contribution in [-0.4, -0.2) is 18.6 Å². The average molecular weight is 283 g/mol. The Labute approximate surface area is 117 Å². The molecule has 1 aliphatic carbocycles. The summed E-state index contributed by atoms with van der Waals surface area (Å²) in [6, 6.07) is 7.32. The summed E-state index contributed by atoms with van der Waals surface area (Å²) < 4.78 is 31.2. The molecule has 0 aromatic heterocycles. The molecule has 0 heterocycles. The summed E-state index contributed by atoms with van der Waals surface area (Å²) in [5, 5.41) is 2.32. The van der Waals surface area contributed by atoms with Gasteiger partial charge in [-0.15, -0.1) is 0 Å². The lowest BCUT2D eigenvalue weighted by Crippen LogP contribution is -2.46. The SMILES string of the molecule is O=C(N[C@H](C(F)F)C1CCCCC1)Oc1ccccc1. The molecule has 3 nitrogen and oxygen atoms in total. The van der Waals surface area contributed by atoms with Crippen LogP contribution in [0.3, 0.4) is 0 Å². The largest absolute Gasteiger partial charge is 0.413 e. The molecule has 5 heteroatoms. The quantitative estimate of drug-likeness (QED) is 0.907. The van der Waals surface area contributed by atoms with Crippen molar-refractivity contribution < 1.29 is 18.3 Å². The van der Waals surface area contributed by atoms with Gasteiger partial charge in [0.15, 0.2) is 0 Å². The second-order valence-corrected chi connectivity index (χ2v) is 5.11. The fourth-order valence-electron chi connectivity index (χ4n) is 2.64. The monoisotopic (exact) mass is 283 g/mol. The van der Waals surface area contributed by atoms with E-state index < -0.39 is 18.6 Å². The van der Waals surface area contributed by atoms with E-state index in [1.165, 1.54) is 0 Å². The zero-order valence-corrected chi connectivity index (χ0v) is 11.2. The van der Waals surface area contributed by atoms with Crippen molar-refractivity contribution in [2.45, 2.75) is 44.6 Å². The number of hydrogen-bond donors (Lipinski definition) is 1. The summed E-state index contributed by atoms with van der Waals surface area (Å²) in [4.78, 5) is 11.7. The predicted octanol–water partition coefficient (Wildman–Crippen LogP) is 3.99. The highest BCUT2D eigenvalue weighted by molar-refractivity contribution is 5.70. The van der Waals surface area contributed by atoms with Gasteiger partial charge in [0.25, 0.3) is 6.43 Å². The molecule has 20 heavy (non-hydrogen) atoms. The van der Waals surface area contributed by atoms with Crippen LogP contribution in [0.2, 0.25) is 0 Å². The average Bonchev–Trinajstić information content (AvgIpc) is 2.46. The van der Waals surface area contributed by atoms with Crippen LogP contribution in [-0.2, 0) is 0 Å². The fourth-order valence-corrected chi connectivity index (χ4v) is 2.64. The zero-order chi connectivity index (χ0) is 14.4. The van der Waals surface area contributed by atoms with E-state index in [2.05, 4.69) is 5.32 Å². The molecule has 1 atom stereocenters. The fraction of sp³-hybridized carbons (Fsp3) is 0.533. The molecule has 0 unspecified atom stereocenters. The van der Waals surface area contributed by atoms with E-state index in [1.807, 2.05) is 0 Å². The summed E-state index contributed by atoms with van der Waals surface area (Å²) in [5.74, 6) is 0.189. The van der Waals surface area contributed by atoms with Crippen LogP contribution >= 0.6 is 0 Å². The van der Waals surface area contributed by atoms with Crippen LogP contribution in [0.4, 0.5) is 13.6 Å². The van der Waals surface area contributed by atoms with Gasteiger partial charge in [-0.1, -0.05) is 37.5 Å². The maximum Gasteiger partial charge on any atom is 0.413 e. The Balaban J connectivity index is 1.92. The van der Waals surface area contributed by atoms with E-state index in [0.29, 0.717) is 5.75 Å². The van der Waals surface area contributed by atoms with Crippen molar-refractivity contribution in [1.29, 1.82) is 0 Å². The molecule has 1 fully saturated rings. The Kier molecular flexibility index (Phi) is 5.32. The van der Waals surface area contributed by atoms with E-state index in [1.54, 1.807) is 30.3 Å². The molecule has 0 bridgehead atoms. The molecule has 1 N–H and O–H groups in total. The van der Waals surface area contributed by atoms with Crippen LogP contribution < -0.4 is 10.1 Å². The van der Waals surface area contributed by atoms with Crippen LogP contribution in [0.15, 0.2) is 30.3 Å². The molecule has 0 aliphatic heterocycles. The molecule has 0 spiro atoms. The molecule has 1 saturated carbocycles. The van der Waals surface area contributed by atoms with Crippen LogP contribution in [0, 0.1) is 5.92 Å². The highest BCUT2D eigenvalue weighted by Gasteiger charge is 2.32.